The zero-order valence-electron chi connectivity index (χ0n) is 15.3. The largest absolute Gasteiger partial charge is 0.462 e. The number of carbonyl (C=O) groups excluding carboxylic acids is 2. The summed E-state index contributed by atoms with van der Waals surface area (Å²) in [6, 6.07) is 0. The fourth-order valence-corrected chi connectivity index (χ4v) is 2.13. The molecule has 0 aromatic rings. The number of allylic oxidation sites excluding steroid dienone is 1. The predicted molar refractivity (Wildman–Crippen MR) is 90.8 cm³/mol. The maximum atomic E-state index is 12.4. The Morgan fingerprint density at radius 3 is 2.09 bits per heavy atom. The second-order valence-electron chi connectivity index (χ2n) is 7.70. The van der Waals surface area contributed by atoms with Gasteiger partial charge in [0.1, 0.15) is 0 Å². The molecule has 0 atom stereocenters. The number of rotatable bonds is 6. The molecule has 23 heavy (non-hydrogen) atoms. The average molecular weight is 322 g/mol. The lowest BCUT2D eigenvalue weighted by atomic mass is 9.87. The molecule has 0 fully saturated rings. The standard InChI is InChI=1S/C19H30O4/c1-13(2)11-22-17(20)15-7-9-19(5,6)10-8-16(15)18(21)23-12-14(3)4/h7,9,13-14H,8,10-12H2,1-6H3. The van der Waals surface area contributed by atoms with E-state index in [4.69, 9.17) is 9.47 Å². The summed E-state index contributed by atoms with van der Waals surface area (Å²) in [7, 11) is 0. The van der Waals surface area contributed by atoms with Crippen molar-refractivity contribution in [1.29, 1.82) is 0 Å². The van der Waals surface area contributed by atoms with E-state index in [1.807, 2.05) is 33.8 Å². The highest BCUT2D eigenvalue weighted by Gasteiger charge is 2.28. The number of hydrogen-bond donors (Lipinski definition) is 0. The summed E-state index contributed by atoms with van der Waals surface area (Å²) in [5.74, 6) is -0.336. The Hall–Kier alpha value is -1.58. The molecule has 0 amide bonds. The van der Waals surface area contributed by atoms with E-state index in [9.17, 15) is 9.59 Å². The zero-order chi connectivity index (χ0) is 17.6. The summed E-state index contributed by atoms with van der Waals surface area (Å²) in [5.41, 5.74) is 0.704. The minimum Gasteiger partial charge on any atom is -0.462 e. The van der Waals surface area contributed by atoms with E-state index >= 15 is 0 Å². The van der Waals surface area contributed by atoms with Crippen LogP contribution in [0.15, 0.2) is 23.3 Å². The van der Waals surface area contributed by atoms with Gasteiger partial charge in [-0.1, -0.05) is 53.7 Å². The van der Waals surface area contributed by atoms with Crippen LogP contribution in [0.1, 0.15) is 54.4 Å². The van der Waals surface area contributed by atoms with Crippen LogP contribution in [0, 0.1) is 17.3 Å². The second-order valence-corrected chi connectivity index (χ2v) is 7.70. The summed E-state index contributed by atoms with van der Waals surface area (Å²) in [6.45, 7) is 12.8. The van der Waals surface area contributed by atoms with Gasteiger partial charge in [-0.25, -0.2) is 9.59 Å². The van der Waals surface area contributed by atoms with E-state index in [0.717, 1.165) is 6.42 Å². The molecule has 0 saturated carbocycles. The average Bonchev–Trinajstić information content (AvgIpc) is 2.60. The first-order valence-corrected chi connectivity index (χ1v) is 8.39. The molecule has 1 aliphatic rings. The van der Waals surface area contributed by atoms with Crippen molar-refractivity contribution in [1.82, 2.24) is 0 Å². The van der Waals surface area contributed by atoms with Crippen molar-refractivity contribution < 1.29 is 19.1 Å². The van der Waals surface area contributed by atoms with Crippen LogP contribution in [0.4, 0.5) is 0 Å². The van der Waals surface area contributed by atoms with Crippen LogP contribution in [0.5, 0.6) is 0 Å². The highest BCUT2D eigenvalue weighted by molar-refractivity contribution is 6.02. The summed E-state index contributed by atoms with van der Waals surface area (Å²) < 4.78 is 10.7. The van der Waals surface area contributed by atoms with Gasteiger partial charge in [0.2, 0.25) is 0 Å². The molecular weight excluding hydrogens is 292 g/mol. The molecule has 0 N–H and O–H groups in total. The summed E-state index contributed by atoms with van der Waals surface area (Å²) >= 11 is 0. The van der Waals surface area contributed by atoms with Gasteiger partial charge in [0.25, 0.3) is 0 Å². The maximum absolute atomic E-state index is 12.4. The Kier molecular flexibility index (Phi) is 7.04. The topological polar surface area (TPSA) is 52.6 Å². The lowest BCUT2D eigenvalue weighted by Crippen LogP contribution is -2.18. The molecule has 0 spiro atoms. The summed E-state index contributed by atoms with van der Waals surface area (Å²) in [4.78, 5) is 24.8. The lowest BCUT2D eigenvalue weighted by Gasteiger charge is -2.18. The van der Waals surface area contributed by atoms with Crippen molar-refractivity contribution in [3.05, 3.63) is 23.3 Å². The second kappa shape index (κ2) is 8.32. The van der Waals surface area contributed by atoms with Crippen LogP contribution in [-0.4, -0.2) is 25.2 Å². The van der Waals surface area contributed by atoms with E-state index in [1.54, 1.807) is 6.08 Å². The Labute approximate surface area is 139 Å². The third kappa shape index (κ3) is 6.59. The van der Waals surface area contributed by atoms with Crippen LogP contribution in [0.2, 0.25) is 0 Å². The number of hydrogen-bond acceptors (Lipinski definition) is 4. The minimum atomic E-state index is -0.441. The quantitative estimate of drug-likeness (QED) is 0.692. The van der Waals surface area contributed by atoms with Crippen LogP contribution in [0.3, 0.4) is 0 Å². The molecule has 0 bridgehead atoms. The minimum absolute atomic E-state index is 0.0658. The first-order valence-electron chi connectivity index (χ1n) is 8.39. The van der Waals surface area contributed by atoms with Gasteiger partial charge in [-0.15, -0.1) is 0 Å². The van der Waals surface area contributed by atoms with E-state index < -0.39 is 11.9 Å². The highest BCUT2D eigenvalue weighted by atomic mass is 16.5. The SMILES string of the molecule is CC(C)COC(=O)C1=C(C(=O)OCC(C)C)CCC(C)(C)C=C1. The van der Waals surface area contributed by atoms with Gasteiger partial charge in [-0.2, -0.15) is 0 Å². The Morgan fingerprint density at radius 1 is 1.04 bits per heavy atom. The third-order valence-corrected chi connectivity index (χ3v) is 3.61. The van der Waals surface area contributed by atoms with Gasteiger partial charge in [0.05, 0.1) is 24.4 Å². The molecule has 4 heteroatoms. The van der Waals surface area contributed by atoms with Gasteiger partial charge in [0, 0.05) is 0 Å². The summed E-state index contributed by atoms with van der Waals surface area (Å²) in [6.07, 6.45) is 5.00. The molecule has 0 unspecified atom stereocenters. The van der Waals surface area contributed by atoms with Crippen molar-refractivity contribution >= 4 is 11.9 Å². The van der Waals surface area contributed by atoms with Crippen molar-refractivity contribution in [2.45, 2.75) is 54.4 Å². The molecule has 1 rings (SSSR count). The number of esters is 2. The zero-order valence-corrected chi connectivity index (χ0v) is 15.3. The van der Waals surface area contributed by atoms with Gasteiger partial charge in [-0.05, 0) is 30.1 Å². The first-order chi connectivity index (χ1) is 10.6. The van der Waals surface area contributed by atoms with Crippen molar-refractivity contribution in [3.8, 4) is 0 Å². The van der Waals surface area contributed by atoms with Crippen LogP contribution in [-0.2, 0) is 19.1 Å². The Morgan fingerprint density at radius 2 is 1.57 bits per heavy atom. The van der Waals surface area contributed by atoms with Crippen molar-refractivity contribution in [3.63, 3.8) is 0 Å². The Balaban J connectivity index is 3.01. The van der Waals surface area contributed by atoms with Gasteiger partial charge < -0.3 is 9.47 Å². The molecule has 130 valence electrons. The maximum Gasteiger partial charge on any atom is 0.338 e. The third-order valence-electron chi connectivity index (χ3n) is 3.61. The van der Waals surface area contributed by atoms with Crippen LogP contribution < -0.4 is 0 Å². The monoisotopic (exact) mass is 322 g/mol. The molecule has 4 nitrogen and oxygen atoms in total. The molecule has 0 saturated heterocycles. The smallest absolute Gasteiger partial charge is 0.338 e. The molecular formula is C19H30O4. The van der Waals surface area contributed by atoms with E-state index in [-0.39, 0.29) is 17.3 Å². The molecule has 0 aromatic heterocycles. The number of carbonyl (C=O) groups is 2. The fourth-order valence-electron chi connectivity index (χ4n) is 2.13. The van der Waals surface area contributed by atoms with Gasteiger partial charge in [0.15, 0.2) is 0 Å². The highest BCUT2D eigenvalue weighted by Crippen LogP contribution is 2.32. The van der Waals surface area contributed by atoms with Crippen LogP contribution in [0.25, 0.3) is 0 Å². The molecule has 0 aromatic carbocycles. The van der Waals surface area contributed by atoms with E-state index in [1.165, 1.54) is 0 Å². The van der Waals surface area contributed by atoms with Crippen molar-refractivity contribution in [2.75, 3.05) is 13.2 Å². The van der Waals surface area contributed by atoms with E-state index in [2.05, 4.69) is 13.8 Å². The van der Waals surface area contributed by atoms with Crippen molar-refractivity contribution in [2.24, 2.45) is 17.3 Å². The predicted octanol–water partition coefficient (Wildman–Crippen LogP) is 4.06. The molecule has 0 heterocycles. The Bertz CT molecular complexity index is 495. The lowest BCUT2D eigenvalue weighted by molar-refractivity contribution is -0.143. The van der Waals surface area contributed by atoms with Gasteiger partial charge >= 0.3 is 11.9 Å². The van der Waals surface area contributed by atoms with Gasteiger partial charge in [-0.3, -0.25) is 0 Å². The molecule has 0 aliphatic heterocycles. The molecule has 0 radical (unpaired) electrons. The summed E-state index contributed by atoms with van der Waals surface area (Å²) in [5, 5.41) is 0. The fraction of sp³-hybridized carbons (Fsp3) is 0.684. The normalized spacial score (nSPS) is 17.4. The first kappa shape index (κ1) is 19.5. The van der Waals surface area contributed by atoms with E-state index in [0.29, 0.717) is 30.8 Å². The molecule has 1 aliphatic carbocycles. The van der Waals surface area contributed by atoms with Crippen LogP contribution >= 0.6 is 0 Å². The number of ether oxygens (including phenoxy) is 2.